The minimum Gasteiger partial charge on any atom is -0.305 e. The van der Waals surface area contributed by atoms with Gasteiger partial charge < -0.3 is 5.32 Å². The Balaban J connectivity index is 2.40. The van der Waals surface area contributed by atoms with Crippen molar-refractivity contribution < 1.29 is 4.79 Å². The lowest BCUT2D eigenvalue weighted by atomic mass is 10.2. The van der Waals surface area contributed by atoms with Crippen molar-refractivity contribution in [2.45, 2.75) is 13.8 Å². The minimum absolute atomic E-state index is 0.137. The highest BCUT2D eigenvalue weighted by Gasteiger charge is 2.21. The Labute approximate surface area is 87.8 Å². The van der Waals surface area contributed by atoms with E-state index in [2.05, 4.69) is 15.3 Å². The minimum atomic E-state index is -0.137. The number of allylic oxidation sites excluding steroid dienone is 1. The van der Waals surface area contributed by atoms with E-state index in [1.807, 2.05) is 26.0 Å². The maximum Gasteiger partial charge on any atom is 0.275 e. The summed E-state index contributed by atoms with van der Waals surface area (Å²) >= 11 is 0. The molecule has 2 heterocycles. The number of carbonyl (C=O) groups excluding carboxylic acids is 1. The average Bonchev–Trinajstić information content (AvgIpc) is 2.62. The molecule has 1 aromatic heterocycles. The molecule has 1 N–H and O–H groups in total. The summed E-state index contributed by atoms with van der Waals surface area (Å²) in [4.78, 5) is 19.7. The molecule has 0 saturated carbocycles. The number of aromatic nitrogens is 1. The van der Waals surface area contributed by atoms with Crippen LogP contribution in [-0.4, -0.2) is 16.7 Å². The molecule has 0 spiro atoms. The molecule has 1 aromatic rings. The van der Waals surface area contributed by atoms with Crippen molar-refractivity contribution in [3.63, 3.8) is 0 Å². The topological polar surface area (TPSA) is 54.4 Å². The van der Waals surface area contributed by atoms with Crippen LogP contribution in [0, 0.1) is 0 Å². The molecule has 1 amide bonds. The van der Waals surface area contributed by atoms with Crippen molar-refractivity contribution >= 4 is 11.7 Å². The average molecular weight is 201 g/mol. The van der Waals surface area contributed by atoms with Gasteiger partial charge in [-0.2, -0.15) is 0 Å². The van der Waals surface area contributed by atoms with Gasteiger partial charge in [0.1, 0.15) is 11.5 Å². The van der Waals surface area contributed by atoms with E-state index in [4.69, 9.17) is 0 Å². The Morgan fingerprint density at radius 1 is 1.27 bits per heavy atom. The van der Waals surface area contributed by atoms with Crippen LogP contribution in [0.3, 0.4) is 0 Å². The fourth-order valence-corrected chi connectivity index (χ4v) is 1.34. The molecule has 0 saturated heterocycles. The van der Waals surface area contributed by atoms with E-state index in [9.17, 15) is 4.79 Å². The van der Waals surface area contributed by atoms with Crippen LogP contribution in [0.15, 0.2) is 40.8 Å². The molecule has 0 fully saturated rings. The van der Waals surface area contributed by atoms with Gasteiger partial charge in [-0.3, -0.25) is 9.78 Å². The van der Waals surface area contributed by atoms with Gasteiger partial charge in [0, 0.05) is 18.0 Å². The van der Waals surface area contributed by atoms with E-state index in [0.717, 1.165) is 11.1 Å². The van der Waals surface area contributed by atoms with Gasteiger partial charge in [0.15, 0.2) is 0 Å². The third-order valence-corrected chi connectivity index (χ3v) is 2.10. The second-order valence-corrected chi connectivity index (χ2v) is 3.50. The summed E-state index contributed by atoms with van der Waals surface area (Å²) in [5.41, 5.74) is 2.29. The lowest BCUT2D eigenvalue weighted by molar-refractivity contribution is -0.115. The van der Waals surface area contributed by atoms with Gasteiger partial charge in [-0.25, -0.2) is 4.99 Å². The van der Waals surface area contributed by atoms with Gasteiger partial charge in [0.2, 0.25) is 0 Å². The second-order valence-electron chi connectivity index (χ2n) is 3.50. The van der Waals surface area contributed by atoms with Crippen LogP contribution in [0.4, 0.5) is 0 Å². The summed E-state index contributed by atoms with van der Waals surface area (Å²) in [6.45, 7) is 3.74. The van der Waals surface area contributed by atoms with E-state index in [1.54, 1.807) is 12.4 Å². The lowest BCUT2D eigenvalue weighted by Crippen LogP contribution is -2.24. The smallest absolute Gasteiger partial charge is 0.275 e. The van der Waals surface area contributed by atoms with Crippen molar-refractivity contribution in [1.82, 2.24) is 10.3 Å². The zero-order valence-electron chi connectivity index (χ0n) is 8.61. The monoisotopic (exact) mass is 201 g/mol. The number of pyridine rings is 1. The van der Waals surface area contributed by atoms with Crippen LogP contribution in [-0.2, 0) is 4.79 Å². The standard InChI is InChI=1S/C11H11N3O/c1-7(2)9-11(15)14-10(13-9)8-3-5-12-6-4-8/h3-6H,1-2H3,(H,13,14,15). The largest absolute Gasteiger partial charge is 0.305 e. The molecular weight excluding hydrogens is 190 g/mol. The van der Waals surface area contributed by atoms with E-state index in [0.29, 0.717) is 11.5 Å². The zero-order valence-corrected chi connectivity index (χ0v) is 8.61. The molecule has 4 nitrogen and oxygen atoms in total. The number of amides is 1. The normalized spacial score (nSPS) is 14.9. The van der Waals surface area contributed by atoms with E-state index < -0.39 is 0 Å². The van der Waals surface area contributed by atoms with Gasteiger partial charge in [-0.1, -0.05) is 0 Å². The highest BCUT2D eigenvalue weighted by molar-refractivity contribution is 6.18. The van der Waals surface area contributed by atoms with Crippen LogP contribution in [0.25, 0.3) is 0 Å². The Bertz CT molecular complexity index is 456. The van der Waals surface area contributed by atoms with Crippen LogP contribution in [0.2, 0.25) is 0 Å². The molecule has 1 aliphatic heterocycles. The molecule has 1 aliphatic rings. The van der Waals surface area contributed by atoms with E-state index >= 15 is 0 Å². The molecule has 76 valence electrons. The second kappa shape index (κ2) is 3.65. The van der Waals surface area contributed by atoms with E-state index in [-0.39, 0.29) is 5.91 Å². The number of nitrogens with zero attached hydrogens (tertiary/aromatic N) is 2. The number of amidine groups is 1. The quantitative estimate of drug-likeness (QED) is 0.695. The maximum atomic E-state index is 11.5. The first-order chi connectivity index (χ1) is 7.18. The molecule has 0 unspecified atom stereocenters. The summed E-state index contributed by atoms with van der Waals surface area (Å²) in [5, 5.41) is 2.73. The zero-order chi connectivity index (χ0) is 10.8. The van der Waals surface area contributed by atoms with Gasteiger partial charge in [-0.05, 0) is 31.6 Å². The molecule has 2 rings (SSSR count). The third-order valence-electron chi connectivity index (χ3n) is 2.10. The van der Waals surface area contributed by atoms with Crippen LogP contribution in [0.1, 0.15) is 19.4 Å². The Kier molecular flexibility index (Phi) is 2.33. The fraction of sp³-hybridized carbons (Fsp3) is 0.182. The number of hydrogen-bond acceptors (Lipinski definition) is 3. The van der Waals surface area contributed by atoms with Crippen molar-refractivity contribution in [1.29, 1.82) is 0 Å². The van der Waals surface area contributed by atoms with Crippen molar-refractivity contribution in [3.05, 3.63) is 41.4 Å². The Morgan fingerprint density at radius 2 is 1.93 bits per heavy atom. The first kappa shape index (κ1) is 9.58. The molecule has 0 aliphatic carbocycles. The SMILES string of the molecule is CC(C)=C1N=C(c2ccncc2)NC1=O. The van der Waals surface area contributed by atoms with Crippen LogP contribution < -0.4 is 5.32 Å². The summed E-state index contributed by atoms with van der Waals surface area (Å²) in [6.07, 6.45) is 3.34. The van der Waals surface area contributed by atoms with Gasteiger partial charge >= 0.3 is 0 Å². The first-order valence-corrected chi connectivity index (χ1v) is 4.66. The molecule has 0 bridgehead atoms. The molecule has 4 heteroatoms. The van der Waals surface area contributed by atoms with Crippen molar-refractivity contribution in [2.24, 2.45) is 4.99 Å². The summed E-state index contributed by atoms with van der Waals surface area (Å²) in [5.74, 6) is 0.459. The molecule has 0 aromatic carbocycles. The maximum absolute atomic E-state index is 11.5. The number of carbonyl (C=O) groups is 1. The Morgan fingerprint density at radius 3 is 2.47 bits per heavy atom. The molecule has 0 radical (unpaired) electrons. The van der Waals surface area contributed by atoms with Gasteiger partial charge in [0.25, 0.3) is 5.91 Å². The highest BCUT2D eigenvalue weighted by atomic mass is 16.2. The van der Waals surface area contributed by atoms with Gasteiger partial charge in [-0.15, -0.1) is 0 Å². The van der Waals surface area contributed by atoms with Crippen LogP contribution in [0.5, 0.6) is 0 Å². The Hall–Kier alpha value is -1.97. The van der Waals surface area contributed by atoms with Crippen molar-refractivity contribution in [2.75, 3.05) is 0 Å². The number of hydrogen-bond donors (Lipinski definition) is 1. The summed E-state index contributed by atoms with van der Waals surface area (Å²) in [6, 6.07) is 3.63. The fourth-order valence-electron chi connectivity index (χ4n) is 1.34. The predicted molar refractivity (Wildman–Crippen MR) is 57.3 cm³/mol. The predicted octanol–water partition coefficient (Wildman–Crippen LogP) is 1.25. The number of aliphatic imine (C=N–C) groups is 1. The third kappa shape index (κ3) is 1.79. The lowest BCUT2D eigenvalue weighted by Gasteiger charge is -1.97. The summed E-state index contributed by atoms with van der Waals surface area (Å²) < 4.78 is 0. The van der Waals surface area contributed by atoms with Crippen molar-refractivity contribution in [3.8, 4) is 0 Å². The molecule has 15 heavy (non-hydrogen) atoms. The highest BCUT2D eigenvalue weighted by Crippen LogP contribution is 2.13. The first-order valence-electron chi connectivity index (χ1n) is 4.66. The van der Waals surface area contributed by atoms with E-state index in [1.165, 1.54) is 0 Å². The molecular formula is C11H11N3O. The summed E-state index contributed by atoms with van der Waals surface area (Å²) in [7, 11) is 0. The molecule has 0 atom stereocenters. The van der Waals surface area contributed by atoms with Gasteiger partial charge in [0.05, 0.1) is 0 Å². The number of rotatable bonds is 1. The van der Waals surface area contributed by atoms with Crippen LogP contribution >= 0.6 is 0 Å². The number of nitrogens with one attached hydrogen (secondary N) is 1.